The Morgan fingerprint density at radius 2 is 2.10 bits per heavy atom. The van der Waals surface area contributed by atoms with Crippen LogP contribution in [0.25, 0.3) is 0 Å². The molecule has 4 nitrogen and oxygen atoms in total. The summed E-state index contributed by atoms with van der Waals surface area (Å²) in [6.45, 7) is 2.76. The van der Waals surface area contributed by atoms with Gasteiger partial charge in [-0.2, -0.15) is 0 Å². The fourth-order valence-corrected chi connectivity index (χ4v) is 2.22. The minimum atomic E-state index is -0.722. The van der Waals surface area contributed by atoms with Gasteiger partial charge in [0.05, 0.1) is 11.1 Å². The lowest BCUT2D eigenvalue weighted by molar-refractivity contribution is 0.0907. The summed E-state index contributed by atoms with van der Waals surface area (Å²) in [5.74, 6) is -0.242. The van der Waals surface area contributed by atoms with Gasteiger partial charge < -0.3 is 15.0 Å². The van der Waals surface area contributed by atoms with Gasteiger partial charge in [0.1, 0.15) is 5.69 Å². The molecule has 106 valence electrons. The topological polar surface area (TPSA) is 54.3 Å². The lowest BCUT2D eigenvalue weighted by Crippen LogP contribution is -2.29. The van der Waals surface area contributed by atoms with Crippen molar-refractivity contribution in [1.29, 1.82) is 0 Å². The molecular weight excluding hydrogens is 276 g/mol. The van der Waals surface area contributed by atoms with Crippen LogP contribution in [-0.4, -0.2) is 22.1 Å². The summed E-state index contributed by atoms with van der Waals surface area (Å²) < 4.78 is 1.77. The number of aryl methyl sites for hydroxylation is 1. The molecule has 1 aromatic heterocycles. The fraction of sp³-hybridized carbons (Fsp3) is 0.267. The van der Waals surface area contributed by atoms with E-state index in [0.717, 1.165) is 5.56 Å². The molecule has 0 saturated heterocycles. The van der Waals surface area contributed by atoms with Gasteiger partial charge in [0.25, 0.3) is 5.91 Å². The molecule has 5 heteroatoms. The number of nitrogens with one attached hydrogen (secondary N) is 1. The average Bonchev–Trinajstić information content (AvgIpc) is 2.86. The van der Waals surface area contributed by atoms with Crippen LogP contribution >= 0.6 is 11.6 Å². The zero-order valence-corrected chi connectivity index (χ0v) is 12.0. The summed E-state index contributed by atoms with van der Waals surface area (Å²) in [7, 11) is 0. The highest BCUT2D eigenvalue weighted by Gasteiger charge is 2.14. The minimum absolute atomic E-state index is 0.162. The number of carbonyl (C=O) groups excluding carboxylic acids is 1. The highest BCUT2D eigenvalue weighted by molar-refractivity contribution is 6.31. The second-order valence-electron chi connectivity index (χ2n) is 4.47. The van der Waals surface area contributed by atoms with Crippen LogP contribution in [-0.2, 0) is 6.54 Å². The number of rotatable bonds is 5. The Labute approximate surface area is 123 Å². The minimum Gasteiger partial charge on any atom is -0.387 e. The summed E-state index contributed by atoms with van der Waals surface area (Å²) in [4.78, 5) is 12.1. The molecule has 0 aliphatic carbocycles. The highest BCUT2D eigenvalue weighted by Crippen LogP contribution is 2.15. The van der Waals surface area contributed by atoms with Gasteiger partial charge in [-0.25, -0.2) is 0 Å². The van der Waals surface area contributed by atoms with E-state index in [1.54, 1.807) is 16.8 Å². The zero-order chi connectivity index (χ0) is 14.5. The van der Waals surface area contributed by atoms with E-state index in [-0.39, 0.29) is 12.5 Å². The Bertz CT molecular complexity index is 581. The van der Waals surface area contributed by atoms with Gasteiger partial charge in [0, 0.05) is 19.3 Å². The van der Waals surface area contributed by atoms with Crippen LogP contribution in [0, 0.1) is 0 Å². The lowest BCUT2D eigenvalue weighted by atomic mass is 10.1. The van der Waals surface area contributed by atoms with E-state index in [0.29, 0.717) is 17.3 Å². The van der Waals surface area contributed by atoms with Gasteiger partial charge in [-0.1, -0.05) is 41.9 Å². The molecule has 0 radical (unpaired) electrons. The maximum atomic E-state index is 12.1. The summed E-state index contributed by atoms with van der Waals surface area (Å²) >= 11 is 5.90. The van der Waals surface area contributed by atoms with Gasteiger partial charge >= 0.3 is 0 Å². The molecule has 1 heterocycles. The van der Waals surface area contributed by atoms with Crippen molar-refractivity contribution in [2.45, 2.75) is 19.6 Å². The Hall–Kier alpha value is -1.78. The maximum Gasteiger partial charge on any atom is 0.268 e. The molecule has 20 heavy (non-hydrogen) atoms. The van der Waals surface area contributed by atoms with Gasteiger partial charge in [-0.05, 0) is 18.6 Å². The number of halogens is 1. The number of aliphatic hydroxyl groups is 1. The summed E-state index contributed by atoms with van der Waals surface area (Å²) in [5, 5.41) is 13.2. The van der Waals surface area contributed by atoms with Crippen molar-refractivity contribution in [2.24, 2.45) is 0 Å². The van der Waals surface area contributed by atoms with E-state index in [2.05, 4.69) is 5.32 Å². The summed E-state index contributed by atoms with van der Waals surface area (Å²) in [6.07, 6.45) is 0.991. The van der Waals surface area contributed by atoms with Crippen molar-refractivity contribution >= 4 is 17.5 Å². The largest absolute Gasteiger partial charge is 0.387 e. The fourth-order valence-electron chi connectivity index (χ4n) is 2.00. The Morgan fingerprint density at radius 1 is 1.40 bits per heavy atom. The first-order valence-electron chi connectivity index (χ1n) is 6.48. The van der Waals surface area contributed by atoms with Crippen molar-refractivity contribution in [3.05, 3.63) is 58.9 Å². The SMILES string of the molecule is CCn1cc(Cl)cc1C(=O)NCC(O)c1ccccc1. The van der Waals surface area contributed by atoms with Crippen molar-refractivity contribution in [3.8, 4) is 0 Å². The predicted molar refractivity (Wildman–Crippen MR) is 78.9 cm³/mol. The molecule has 0 bridgehead atoms. The number of hydrogen-bond acceptors (Lipinski definition) is 2. The molecule has 1 atom stereocenters. The molecule has 0 aliphatic rings. The van der Waals surface area contributed by atoms with Crippen molar-refractivity contribution in [1.82, 2.24) is 9.88 Å². The first-order chi connectivity index (χ1) is 9.61. The lowest BCUT2D eigenvalue weighted by Gasteiger charge is -2.13. The second-order valence-corrected chi connectivity index (χ2v) is 4.90. The van der Waals surface area contributed by atoms with E-state index >= 15 is 0 Å². The molecule has 2 aromatic rings. The van der Waals surface area contributed by atoms with Gasteiger partial charge in [-0.3, -0.25) is 4.79 Å². The van der Waals surface area contributed by atoms with Crippen LogP contribution in [0.4, 0.5) is 0 Å². The third-order valence-electron chi connectivity index (χ3n) is 3.08. The third kappa shape index (κ3) is 3.40. The summed E-state index contributed by atoms with van der Waals surface area (Å²) in [6, 6.07) is 10.8. The van der Waals surface area contributed by atoms with Crippen LogP contribution in [0.5, 0.6) is 0 Å². The van der Waals surface area contributed by atoms with Crippen LogP contribution in [0.15, 0.2) is 42.6 Å². The van der Waals surface area contributed by atoms with Crippen molar-refractivity contribution in [2.75, 3.05) is 6.54 Å². The molecular formula is C15H17ClN2O2. The van der Waals surface area contributed by atoms with E-state index in [4.69, 9.17) is 11.6 Å². The molecule has 1 unspecified atom stereocenters. The number of benzene rings is 1. The normalized spacial score (nSPS) is 12.2. The quantitative estimate of drug-likeness (QED) is 0.890. The summed E-state index contributed by atoms with van der Waals surface area (Å²) in [5.41, 5.74) is 1.27. The van der Waals surface area contributed by atoms with Gasteiger partial charge in [0.2, 0.25) is 0 Å². The molecule has 0 spiro atoms. The molecule has 2 N–H and O–H groups in total. The van der Waals surface area contributed by atoms with Crippen LogP contribution < -0.4 is 5.32 Å². The Morgan fingerprint density at radius 3 is 2.75 bits per heavy atom. The van der Waals surface area contributed by atoms with Crippen LogP contribution in [0.1, 0.15) is 29.1 Å². The average molecular weight is 293 g/mol. The number of nitrogens with zero attached hydrogens (tertiary/aromatic N) is 1. The zero-order valence-electron chi connectivity index (χ0n) is 11.2. The molecule has 2 rings (SSSR count). The molecule has 0 saturated carbocycles. The van der Waals surface area contributed by atoms with Crippen LogP contribution in [0.2, 0.25) is 5.02 Å². The molecule has 1 amide bonds. The Kier molecular flexibility index (Phi) is 4.82. The monoisotopic (exact) mass is 292 g/mol. The Balaban J connectivity index is 1.98. The van der Waals surface area contributed by atoms with Gasteiger partial charge in [0.15, 0.2) is 0 Å². The number of aliphatic hydroxyl groups excluding tert-OH is 1. The number of carbonyl (C=O) groups is 1. The van der Waals surface area contributed by atoms with Crippen molar-refractivity contribution in [3.63, 3.8) is 0 Å². The van der Waals surface area contributed by atoms with Crippen LogP contribution in [0.3, 0.4) is 0 Å². The first kappa shape index (κ1) is 14.6. The molecule has 0 aliphatic heterocycles. The number of amides is 1. The van der Waals surface area contributed by atoms with Gasteiger partial charge in [-0.15, -0.1) is 0 Å². The number of aromatic nitrogens is 1. The second kappa shape index (κ2) is 6.59. The van der Waals surface area contributed by atoms with E-state index in [1.165, 1.54) is 0 Å². The smallest absolute Gasteiger partial charge is 0.268 e. The standard InChI is InChI=1S/C15H17ClN2O2/c1-2-18-10-12(16)8-13(18)15(20)17-9-14(19)11-6-4-3-5-7-11/h3-8,10,14,19H,2,9H2,1H3,(H,17,20). The number of hydrogen-bond donors (Lipinski definition) is 2. The first-order valence-corrected chi connectivity index (χ1v) is 6.86. The van der Waals surface area contributed by atoms with E-state index < -0.39 is 6.10 Å². The van der Waals surface area contributed by atoms with Crippen molar-refractivity contribution < 1.29 is 9.90 Å². The predicted octanol–water partition coefficient (Wildman–Crippen LogP) is 2.62. The van der Waals surface area contributed by atoms with E-state index in [1.807, 2.05) is 37.3 Å². The maximum absolute atomic E-state index is 12.1. The van der Waals surface area contributed by atoms with E-state index in [9.17, 15) is 9.90 Å². The highest BCUT2D eigenvalue weighted by atomic mass is 35.5. The molecule has 1 aromatic carbocycles. The molecule has 0 fully saturated rings. The third-order valence-corrected chi connectivity index (χ3v) is 3.28.